The van der Waals surface area contributed by atoms with Gasteiger partial charge in [0, 0.05) is 30.5 Å². The lowest BCUT2D eigenvalue weighted by Gasteiger charge is -2.36. The zero-order valence-corrected chi connectivity index (χ0v) is 18.7. The summed E-state index contributed by atoms with van der Waals surface area (Å²) in [6, 6.07) is 18.6. The molecule has 1 saturated heterocycles. The van der Waals surface area contributed by atoms with E-state index in [-0.39, 0.29) is 12.2 Å². The van der Waals surface area contributed by atoms with Crippen molar-refractivity contribution in [1.29, 1.82) is 0 Å². The van der Waals surface area contributed by atoms with Crippen molar-refractivity contribution in [1.82, 2.24) is 14.5 Å². The lowest BCUT2D eigenvalue weighted by molar-refractivity contribution is -0.00537. The molecule has 0 radical (unpaired) electrons. The van der Waals surface area contributed by atoms with Crippen LogP contribution in [0.5, 0.6) is 5.75 Å². The summed E-state index contributed by atoms with van der Waals surface area (Å²) in [5, 5.41) is 1.06. The number of hydrogen-bond acceptors (Lipinski definition) is 5. The topological polar surface area (TPSA) is 52.4 Å². The highest BCUT2D eigenvalue weighted by atomic mass is 16.5. The Morgan fingerprint density at radius 3 is 2.38 bits per heavy atom. The van der Waals surface area contributed by atoms with Gasteiger partial charge >= 0.3 is 0 Å². The standard InChI is InChI=1S/C26H28N4O2/c1-4-31-22-12-10-21(11-13-22)30-16-23(20-8-6-5-7-9-20)24-25(27-17-28-26(24)30)29-14-18(2)32-19(3)15-29/h5-13,16-19H,4,14-15H2,1-3H3/t18-,19-/m0/s1. The molecule has 0 aliphatic carbocycles. The van der Waals surface area contributed by atoms with Gasteiger partial charge in [0.05, 0.1) is 24.2 Å². The van der Waals surface area contributed by atoms with Gasteiger partial charge in [-0.2, -0.15) is 0 Å². The van der Waals surface area contributed by atoms with Crippen LogP contribution >= 0.6 is 0 Å². The summed E-state index contributed by atoms with van der Waals surface area (Å²) < 4.78 is 13.7. The van der Waals surface area contributed by atoms with E-state index in [1.165, 1.54) is 0 Å². The number of anilines is 1. The van der Waals surface area contributed by atoms with Gasteiger partial charge < -0.3 is 18.9 Å². The molecular weight excluding hydrogens is 400 g/mol. The number of ether oxygens (including phenoxy) is 2. The highest BCUT2D eigenvalue weighted by Crippen LogP contribution is 2.37. The monoisotopic (exact) mass is 428 g/mol. The smallest absolute Gasteiger partial charge is 0.150 e. The van der Waals surface area contributed by atoms with Crippen LogP contribution in [0.1, 0.15) is 20.8 Å². The van der Waals surface area contributed by atoms with Gasteiger partial charge in [-0.1, -0.05) is 30.3 Å². The Labute approximate surface area is 188 Å². The highest BCUT2D eigenvalue weighted by Gasteiger charge is 2.27. The summed E-state index contributed by atoms with van der Waals surface area (Å²) in [6.07, 6.45) is 4.14. The quantitative estimate of drug-likeness (QED) is 0.443. The van der Waals surface area contributed by atoms with Crippen LogP contribution < -0.4 is 9.64 Å². The fourth-order valence-corrected chi connectivity index (χ4v) is 4.54. The minimum atomic E-state index is 0.150. The maximum absolute atomic E-state index is 5.97. The molecule has 0 N–H and O–H groups in total. The summed E-state index contributed by atoms with van der Waals surface area (Å²) in [7, 11) is 0. The second-order valence-electron chi connectivity index (χ2n) is 8.26. The van der Waals surface area contributed by atoms with E-state index in [1.807, 2.05) is 25.1 Å². The lowest BCUT2D eigenvalue weighted by Crippen LogP contribution is -2.46. The van der Waals surface area contributed by atoms with Gasteiger partial charge in [-0.3, -0.25) is 0 Å². The number of morpholine rings is 1. The maximum atomic E-state index is 5.97. The normalized spacial score (nSPS) is 18.8. The molecule has 2 atom stereocenters. The van der Waals surface area contributed by atoms with E-state index < -0.39 is 0 Å². The molecule has 2 aromatic carbocycles. The minimum Gasteiger partial charge on any atom is -0.494 e. The third kappa shape index (κ3) is 3.82. The first-order valence-corrected chi connectivity index (χ1v) is 11.2. The van der Waals surface area contributed by atoms with Gasteiger partial charge in [0.1, 0.15) is 17.9 Å². The first-order chi connectivity index (χ1) is 15.6. The molecule has 2 aromatic heterocycles. The van der Waals surface area contributed by atoms with E-state index in [0.717, 1.165) is 52.5 Å². The van der Waals surface area contributed by atoms with Gasteiger partial charge in [-0.05, 0) is 50.6 Å². The maximum Gasteiger partial charge on any atom is 0.150 e. The average molecular weight is 429 g/mol. The Balaban J connectivity index is 1.70. The van der Waals surface area contributed by atoms with E-state index >= 15 is 0 Å². The molecule has 1 fully saturated rings. The van der Waals surface area contributed by atoms with Crippen LogP contribution in [0.15, 0.2) is 67.1 Å². The number of fused-ring (bicyclic) bond motifs is 1. The minimum absolute atomic E-state index is 0.150. The molecule has 1 aliphatic rings. The van der Waals surface area contributed by atoms with E-state index in [4.69, 9.17) is 19.4 Å². The summed E-state index contributed by atoms with van der Waals surface area (Å²) in [6.45, 7) is 8.48. The Morgan fingerprint density at radius 1 is 0.969 bits per heavy atom. The van der Waals surface area contributed by atoms with Crippen LogP contribution in [0.25, 0.3) is 27.8 Å². The Bertz CT molecular complexity index is 1190. The fraction of sp³-hybridized carbons (Fsp3) is 0.308. The van der Waals surface area contributed by atoms with Crippen molar-refractivity contribution in [3.8, 4) is 22.6 Å². The Morgan fingerprint density at radius 2 is 1.69 bits per heavy atom. The average Bonchev–Trinajstić information content (AvgIpc) is 3.20. The molecule has 6 heteroatoms. The van der Waals surface area contributed by atoms with Gasteiger partial charge in [0.15, 0.2) is 5.65 Å². The summed E-state index contributed by atoms with van der Waals surface area (Å²) >= 11 is 0. The van der Waals surface area contributed by atoms with E-state index in [0.29, 0.717) is 6.61 Å². The second-order valence-corrected chi connectivity index (χ2v) is 8.26. The highest BCUT2D eigenvalue weighted by molar-refractivity contribution is 6.02. The molecule has 0 saturated carbocycles. The molecule has 1 aliphatic heterocycles. The van der Waals surface area contributed by atoms with Crippen LogP contribution in [0.2, 0.25) is 0 Å². The summed E-state index contributed by atoms with van der Waals surface area (Å²) in [5.41, 5.74) is 4.20. The third-order valence-corrected chi connectivity index (χ3v) is 5.79. The van der Waals surface area contributed by atoms with Crippen molar-refractivity contribution >= 4 is 16.9 Å². The van der Waals surface area contributed by atoms with Gasteiger partial charge in [-0.25, -0.2) is 9.97 Å². The van der Waals surface area contributed by atoms with Crippen LogP contribution in [0, 0.1) is 0 Å². The fourth-order valence-electron chi connectivity index (χ4n) is 4.54. The number of benzene rings is 2. The second kappa shape index (κ2) is 8.63. The van der Waals surface area contributed by atoms with Crippen LogP contribution in [-0.2, 0) is 4.74 Å². The van der Waals surface area contributed by atoms with Crippen LogP contribution in [0.4, 0.5) is 5.82 Å². The van der Waals surface area contributed by atoms with Crippen molar-refractivity contribution in [3.05, 3.63) is 67.1 Å². The number of hydrogen-bond donors (Lipinski definition) is 0. The summed E-state index contributed by atoms with van der Waals surface area (Å²) in [5.74, 6) is 1.82. The van der Waals surface area contributed by atoms with Crippen molar-refractivity contribution in [2.75, 3.05) is 24.6 Å². The number of aromatic nitrogens is 3. The molecule has 0 amide bonds. The molecule has 3 heterocycles. The first kappa shape index (κ1) is 20.5. The van der Waals surface area contributed by atoms with Gasteiger partial charge in [-0.15, -0.1) is 0 Å². The molecule has 32 heavy (non-hydrogen) atoms. The first-order valence-electron chi connectivity index (χ1n) is 11.2. The molecule has 0 bridgehead atoms. The predicted molar refractivity (Wildman–Crippen MR) is 128 cm³/mol. The van der Waals surface area contributed by atoms with Gasteiger partial charge in [0.25, 0.3) is 0 Å². The Kier molecular flexibility index (Phi) is 5.53. The van der Waals surface area contributed by atoms with Crippen molar-refractivity contribution in [3.63, 3.8) is 0 Å². The van der Waals surface area contributed by atoms with Crippen molar-refractivity contribution < 1.29 is 9.47 Å². The molecule has 0 unspecified atom stereocenters. The van der Waals surface area contributed by atoms with E-state index in [2.05, 4.69) is 65.9 Å². The molecular formula is C26H28N4O2. The zero-order valence-electron chi connectivity index (χ0n) is 18.7. The van der Waals surface area contributed by atoms with Crippen molar-refractivity contribution in [2.24, 2.45) is 0 Å². The molecule has 5 rings (SSSR count). The summed E-state index contributed by atoms with van der Waals surface area (Å²) in [4.78, 5) is 11.8. The van der Waals surface area contributed by atoms with Crippen LogP contribution in [-0.4, -0.2) is 46.4 Å². The molecule has 4 aromatic rings. The number of nitrogens with zero attached hydrogens (tertiary/aromatic N) is 4. The van der Waals surface area contributed by atoms with E-state index in [1.54, 1.807) is 6.33 Å². The largest absolute Gasteiger partial charge is 0.494 e. The predicted octanol–water partition coefficient (Wildman–Crippen LogP) is 5.10. The van der Waals surface area contributed by atoms with Crippen molar-refractivity contribution in [2.45, 2.75) is 33.0 Å². The SMILES string of the molecule is CCOc1ccc(-n2cc(-c3ccccc3)c3c(N4C[C@H](C)O[C@@H](C)C4)ncnc32)cc1. The molecule has 164 valence electrons. The zero-order chi connectivity index (χ0) is 22.1. The Hall–Kier alpha value is -3.38. The third-order valence-electron chi connectivity index (χ3n) is 5.79. The molecule has 0 spiro atoms. The van der Waals surface area contributed by atoms with Gasteiger partial charge in [0.2, 0.25) is 0 Å². The molecule has 6 nitrogen and oxygen atoms in total. The lowest BCUT2D eigenvalue weighted by atomic mass is 10.1. The van der Waals surface area contributed by atoms with Crippen LogP contribution in [0.3, 0.4) is 0 Å². The van der Waals surface area contributed by atoms with E-state index in [9.17, 15) is 0 Å². The number of rotatable bonds is 5.